The number of quaternary nitrogens is 1. The molecule has 0 aliphatic heterocycles. The Bertz CT molecular complexity index is 588. The summed E-state index contributed by atoms with van der Waals surface area (Å²) >= 11 is 1.06. The van der Waals surface area contributed by atoms with Crippen LogP contribution < -0.4 is 5.11 Å². The predicted octanol–water partition coefficient (Wildman–Crippen LogP) is 0.910. The molecule has 122 valence electrons. The lowest BCUT2D eigenvalue weighted by atomic mass is 10.2. The first kappa shape index (κ1) is 18.5. The van der Waals surface area contributed by atoms with E-state index in [4.69, 9.17) is 5.11 Å². The first-order chi connectivity index (χ1) is 10.5. The number of aromatic nitrogens is 2. The van der Waals surface area contributed by atoms with E-state index in [1.807, 2.05) is 0 Å². The minimum atomic E-state index is -1.19. The van der Waals surface area contributed by atoms with Crippen molar-refractivity contribution in [3.63, 3.8) is 0 Å². The smallest absolute Gasteiger partial charge is 0.106 e. The van der Waals surface area contributed by atoms with Crippen LogP contribution in [0.25, 0.3) is 10.2 Å². The Balaban J connectivity index is 0.000000225. The standard InChI is InChI=1S/C8H20NO.C7H4N2O2S/c1-4-9(5-2,6-3)7-8-10;10-7(11)4-2-1-3-5-6(4)12-9-8-5/h10H,4-8H2,1-3H3;1-3H,(H,10,11)/q+1;/p-1. The van der Waals surface area contributed by atoms with Gasteiger partial charge in [0.15, 0.2) is 0 Å². The fourth-order valence-electron chi connectivity index (χ4n) is 2.32. The molecule has 0 aliphatic carbocycles. The largest absolute Gasteiger partial charge is 0.545 e. The molecule has 7 heteroatoms. The van der Waals surface area contributed by atoms with Gasteiger partial charge in [-0.25, -0.2) is 0 Å². The van der Waals surface area contributed by atoms with Gasteiger partial charge in [-0.2, -0.15) is 0 Å². The number of hydrogen-bond acceptors (Lipinski definition) is 6. The highest BCUT2D eigenvalue weighted by Gasteiger charge is 2.18. The number of aliphatic hydroxyl groups excluding tert-OH is 1. The molecule has 6 nitrogen and oxygen atoms in total. The number of carboxylic acids is 1. The van der Waals surface area contributed by atoms with Gasteiger partial charge in [0.2, 0.25) is 0 Å². The van der Waals surface area contributed by atoms with Crippen LogP contribution in [0.15, 0.2) is 18.2 Å². The van der Waals surface area contributed by atoms with Crippen LogP contribution in [0.5, 0.6) is 0 Å². The van der Waals surface area contributed by atoms with E-state index < -0.39 is 5.97 Å². The Morgan fingerprint density at radius 1 is 1.27 bits per heavy atom. The third-order valence-electron chi connectivity index (χ3n) is 4.08. The Morgan fingerprint density at radius 3 is 2.36 bits per heavy atom. The zero-order valence-corrected chi connectivity index (χ0v) is 14.1. The molecule has 1 N–H and O–H groups in total. The summed E-state index contributed by atoms with van der Waals surface area (Å²) in [5, 5.41) is 23.1. The normalized spacial score (nSPS) is 11.1. The van der Waals surface area contributed by atoms with Crippen molar-refractivity contribution < 1.29 is 19.5 Å². The molecule has 0 atom stereocenters. The third-order valence-corrected chi connectivity index (χ3v) is 4.86. The van der Waals surface area contributed by atoms with Gasteiger partial charge in [0.1, 0.15) is 12.1 Å². The number of aromatic carboxylic acids is 1. The highest BCUT2D eigenvalue weighted by atomic mass is 32.1. The van der Waals surface area contributed by atoms with Crippen LogP contribution in [-0.2, 0) is 0 Å². The lowest BCUT2D eigenvalue weighted by Gasteiger charge is -2.34. The summed E-state index contributed by atoms with van der Waals surface area (Å²) in [5.41, 5.74) is 0.754. The fourth-order valence-corrected chi connectivity index (χ4v) is 2.99. The third kappa shape index (κ3) is 4.46. The van der Waals surface area contributed by atoms with Gasteiger partial charge in [0.25, 0.3) is 0 Å². The van der Waals surface area contributed by atoms with Gasteiger partial charge in [0, 0.05) is 5.56 Å². The summed E-state index contributed by atoms with van der Waals surface area (Å²) in [4.78, 5) is 10.6. The van der Waals surface area contributed by atoms with E-state index in [0.29, 0.717) is 16.8 Å². The molecule has 0 bridgehead atoms. The Kier molecular flexibility index (Phi) is 7.37. The van der Waals surface area contributed by atoms with Gasteiger partial charge in [-0.3, -0.25) is 0 Å². The minimum Gasteiger partial charge on any atom is -0.545 e. The second-order valence-electron chi connectivity index (χ2n) is 4.95. The zero-order valence-electron chi connectivity index (χ0n) is 13.3. The number of likely N-dealkylation sites (N-methyl/N-ethyl adjacent to an activating group) is 1. The maximum absolute atomic E-state index is 10.6. The molecular formula is C15H23N3O3S. The number of fused-ring (bicyclic) bond motifs is 1. The lowest BCUT2D eigenvalue weighted by molar-refractivity contribution is -0.923. The van der Waals surface area contributed by atoms with Crippen LogP contribution in [0.2, 0.25) is 0 Å². The van der Waals surface area contributed by atoms with Crippen LogP contribution in [-0.4, -0.2) is 57.9 Å². The molecule has 1 heterocycles. The van der Waals surface area contributed by atoms with Crippen LogP contribution in [0.3, 0.4) is 0 Å². The monoisotopic (exact) mass is 325 g/mol. The molecule has 0 aliphatic rings. The average molecular weight is 325 g/mol. The lowest BCUT2D eigenvalue weighted by Crippen LogP contribution is -2.49. The quantitative estimate of drug-likeness (QED) is 0.798. The molecule has 2 aromatic rings. The van der Waals surface area contributed by atoms with Gasteiger partial charge < -0.3 is 19.5 Å². The molecule has 0 radical (unpaired) electrons. The van der Waals surface area contributed by atoms with E-state index in [1.165, 1.54) is 6.07 Å². The summed E-state index contributed by atoms with van der Waals surface area (Å²) in [5.74, 6) is -1.19. The van der Waals surface area contributed by atoms with Crippen LogP contribution in [0.1, 0.15) is 31.1 Å². The number of nitrogens with zero attached hydrogens (tertiary/aromatic N) is 3. The summed E-state index contributed by atoms with van der Waals surface area (Å²) < 4.78 is 5.26. The second-order valence-corrected chi connectivity index (χ2v) is 5.71. The van der Waals surface area contributed by atoms with Gasteiger partial charge in [-0.15, -0.1) is 5.10 Å². The van der Waals surface area contributed by atoms with E-state index in [-0.39, 0.29) is 5.56 Å². The number of hydrogen-bond donors (Lipinski definition) is 1. The molecule has 0 spiro atoms. The maximum atomic E-state index is 10.6. The van der Waals surface area contributed by atoms with E-state index in [1.54, 1.807) is 12.1 Å². The Labute approximate surface area is 134 Å². The Morgan fingerprint density at radius 2 is 1.91 bits per heavy atom. The number of carbonyl (C=O) groups is 1. The fraction of sp³-hybridized carbons (Fsp3) is 0.533. The van der Waals surface area contributed by atoms with Crippen molar-refractivity contribution in [2.75, 3.05) is 32.8 Å². The van der Waals surface area contributed by atoms with Gasteiger partial charge in [0.05, 0.1) is 36.9 Å². The van der Waals surface area contributed by atoms with E-state index in [0.717, 1.165) is 42.2 Å². The molecule has 22 heavy (non-hydrogen) atoms. The number of aliphatic hydroxyl groups is 1. The molecule has 0 saturated heterocycles. The van der Waals surface area contributed by atoms with Crippen molar-refractivity contribution >= 4 is 27.7 Å². The number of carboxylic acid groups (broad SMARTS) is 1. The van der Waals surface area contributed by atoms with Gasteiger partial charge >= 0.3 is 0 Å². The second kappa shape index (κ2) is 8.77. The molecule has 1 aromatic carbocycles. The van der Waals surface area contributed by atoms with Gasteiger partial charge in [-0.05, 0) is 38.4 Å². The highest BCUT2D eigenvalue weighted by molar-refractivity contribution is 7.13. The van der Waals surface area contributed by atoms with Crippen molar-refractivity contribution in [3.05, 3.63) is 23.8 Å². The number of rotatable bonds is 6. The SMILES string of the molecule is CC[N+](CC)(CC)CCO.O=C([O-])c1cccc2nnsc12. The zero-order chi connectivity index (χ0) is 16.6. The highest BCUT2D eigenvalue weighted by Crippen LogP contribution is 2.19. The summed E-state index contributed by atoms with van der Waals surface area (Å²) in [6.07, 6.45) is 0. The summed E-state index contributed by atoms with van der Waals surface area (Å²) in [6, 6.07) is 4.82. The van der Waals surface area contributed by atoms with E-state index in [2.05, 4.69) is 30.4 Å². The van der Waals surface area contributed by atoms with Crippen LogP contribution in [0, 0.1) is 0 Å². The van der Waals surface area contributed by atoms with E-state index in [9.17, 15) is 9.90 Å². The van der Waals surface area contributed by atoms with Crippen LogP contribution in [0.4, 0.5) is 0 Å². The molecule has 0 unspecified atom stereocenters. The summed E-state index contributed by atoms with van der Waals surface area (Å²) in [7, 11) is 0. The van der Waals surface area contributed by atoms with Crippen molar-refractivity contribution in [2.45, 2.75) is 20.8 Å². The van der Waals surface area contributed by atoms with E-state index >= 15 is 0 Å². The predicted molar refractivity (Wildman–Crippen MR) is 85.6 cm³/mol. The minimum absolute atomic E-state index is 0.155. The number of carbonyl (C=O) groups excluding carboxylic acids is 1. The van der Waals surface area contributed by atoms with Crippen molar-refractivity contribution in [3.8, 4) is 0 Å². The molecule has 0 saturated carbocycles. The van der Waals surface area contributed by atoms with Crippen molar-refractivity contribution in [1.29, 1.82) is 0 Å². The first-order valence-electron chi connectivity index (χ1n) is 7.42. The first-order valence-corrected chi connectivity index (χ1v) is 8.19. The Hall–Kier alpha value is -1.57. The number of benzene rings is 1. The molecule has 2 rings (SSSR count). The van der Waals surface area contributed by atoms with Crippen molar-refractivity contribution in [1.82, 2.24) is 9.59 Å². The molecular weight excluding hydrogens is 302 g/mol. The topological polar surface area (TPSA) is 86.1 Å². The average Bonchev–Trinajstić information content (AvgIpc) is 3.01. The molecule has 1 aromatic heterocycles. The molecule has 0 fully saturated rings. The molecule has 0 amide bonds. The van der Waals surface area contributed by atoms with Crippen LogP contribution >= 0.6 is 11.5 Å². The maximum Gasteiger partial charge on any atom is 0.106 e. The van der Waals surface area contributed by atoms with Crippen molar-refractivity contribution in [2.24, 2.45) is 0 Å². The van der Waals surface area contributed by atoms with Gasteiger partial charge in [-0.1, -0.05) is 16.6 Å². The summed E-state index contributed by atoms with van der Waals surface area (Å²) in [6.45, 7) is 11.2.